The van der Waals surface area contributed by atoms with Gasteiger partial charge < -0.3 is 4.74 Å². The fourth-order valence-corrected chi connectivity index (χ4v) is 1.79. The summed E-state index contributed by atoms with van der Waals surface area (Å²) < 4.78 is 5.68. The van der Waals surface area contributed by atoms with E-state index in [9.17, 15) is 0 Å². The Morgan fingerprint density at radius 3 is 2.25 bits per heavy atom. The summed E-state index contributed by atoms with van der Waals surface area (Å²) >= 11 is 0. The summed E-state index contributed by atoms with van der Waals surface area (Å²) in [5.74, 6) is 0.887. The van der Waals surface area contributed by atoms with Crippen LogP contribution >= 0.6 is 0 Å². The molecule has 1 radical (unpaired) electrons. The molecular formula is C15H15O. The molecule has 0 aliphatic rings. The zero-order chi connectivity index (χ0) is 11.4. The highest BCUT2D eigenvalue weighted by atomic mass is 16.5. The summed E-state index contributed by atoms with van der Waals surface area (Å²) in [6.45, 7) is 4.83. The summed E-state index contributed by atoms with van der Waals surface area (Å²) in [5, 5.41) is 0. The van der Waals surface area contributed by atoms with Crippen molar-refractivity contribution in [2.45, 2.75) is 20.5 Å². The van der Waals surface area contributed by atoms with Crippen molar-refractivity contribution in [1.29, 1.82) is 0 Å². The van der Waals surface area contributed by atoms with Gasteiger partial charge >= 0.3 is 0 Å². The predicted octanol–water partition coefficient (Wildman–Crippen LogP) is 3.68. The Labute approximate surface area is 96.7 Å². The Bertz CT molecular complexity index is 440. The van der Waals surface area contributed by atoms with Crippen LogP contribution in [-0.4, -0.2) is 0 Å². The van der Waals surface area contributed by atoms with E-state index in [1.54, 1.807) is 0 Å². The Kier molecular flexibility index (Phi) is 3.25. The lowest BCUT2D eigenvalue weighted by Crippen LogP contribution is -1.96. The van der Waals surface area contributed by atoms with Crippen molar-refractivity contribution in [2.75, 3.05) is 0 Å². The molecule has 0 aliphatic heterocycles. The third kappa shape index (κ3) is 2.86. The van der Waals surface area contributed by atoms with Crippen LogP contribution in [0.5, 0.6) is 5.75 Å². The minimum Gasteiger partial charge on any atom is -0.489 e. The Hall–Kier alpha value is -1.76. The third-order valence-corrected chi connectivity index (χ3v) is 2.37. The molecule has 0 saturated heterocycles. The molecular weight excluding hydrogens is 196 g/mol. The standard InChI is InChI=1S/C15H15O/c1-12-8-13(2)10-14(9-12)11-16-15-6-4-3-5-7-15/h4-10H,11H2,1-2H3. The van der Waals surface area contributed by atoms with Crippen molar-refractivity contribution in [3.63, 3.8) is 0 Å². The van der Waals surface area contributed by atoms with Crippen LogP contribution in [0.2, 0.25) is 0 Å². The Morgan fingerprint density at radius 2 is 1.62 bits per heavy atom. The fraction of sp³-hybridized carbons (Fsp3) is 0.200. The number of aryl methyl sites for hydroxylation is 2. The lowest BCUT2D eigenvalue weighted by Gasteiger charge is -2.07. The van der Waals surface area contributed by atoms with Gasteiger partial charge in [-0.15, -0.1) is 0 Å². The maximum absolute atomic E-state index is 5.68. The lowest BCUT2D eigenvalue weighted by molar-refractivity contribution is 0.306. The molecule has 81 valence electrons. The molecule has 0 atom stereocenters. The van der Waals surface area contributed by atoms with E-state index in [0.717, 1.165) is 5.75 Å². The summed E-state index contributed by atoms with van der Waals surface area (Å²) in [7, 11) is 0. The molecule has 2 aromatic carbocycles. The van der Waals surface area contributed by atoms with E-state index in [1.165, 1.54) is 16.7 Å². The molecule has 2 aromatic rings. The second-order valence-corrected chi connectivity index (χ2v) is 4.02. The van der Waals surface area contributed by atoms with Gasteiger partial charge in [0.2, 0.25) is 0 Å². The molecule has 0 aromatic heterocycles. The Morgan fingerprint density at radius 1 is 1.00 bits per heavy atom. The summed E-state index contributed by atoms with van der Waals surface area (Å²) in [5.41, 5.74) is 3.77. The van der Waals surface area contributed by atoms with Gasteiger partial charge in [0.25, 0.3) is 0 Å². The molecule has 0 aliphatic carbocycles. The lowest BCUT2D eigenvalue weighted by atomic mass is 10.1. The second kappa shape index (κ2) is 4.84. The maximum atomic E-state index is 5.68. The van der Waals surface area contributed by atoms with Crippen molar-refractivity contribution >= 4 is 0 Å². The monoisotopic (exact) mass is 211 g/mol. The van der Waals surface area contributed by atoms with Gasteiger partial charge in [0.15, 0.2) is 0 Å². The average Bonchev–Trinajstić information content (AvgIpc) is 2.27. The van der Waals surface area contributed by atoms with Crippen molar-refractivity contribution in [2.24, 2.45) is 0 Å². The van der Waals surface area contributed by atoms with Crippen LogP contribution in [0.3, 0.4) is 0 Å². The number of hydrogen-bond acceptors (Lipinski definition) is 1. The topological polar surface area (TPSA) is 9.23 Å². The molecule has 1 heteroatoms. The minimum atomic E-state index is 0.618. The number of rotatable bonds is 3. The molecule has 2 rings (SSSR count). The molecule has 0 saturated carbocycles. The summed E-state index contributed by atoms with van der Waals surface area (Å²) in [6, 6.07) is 17.0. The van der Waals surface area contributed by atoms with Gasteiger partial charge in [0.1, 0.15) is 12.4 Å². The van der Waals surface area contributed by atoms with Crippen LogP contribution in [0.15, 0.2) is 42.5 Å². The van der Waals surface area contributed by atoms with E-state index in [1.807, 2.05) is 24.3 Å². The molecule has 0 spiro atoms. The van der Waals surface area contributed by atoms with Gasteiger partial charge in [-0.1, -0.05) is 41.5 Å². The van der Waals surface area contributed by atoms with Gasteiger partial charge in [-0.2, -0.15) is 0 Å². The second-order valence-electron chi connectivity index (χ2n) is 4.02. The van der Waals surface area contributed by atoms with E-state index in [0.29, 0.717) is 6.61 Å². The van der Waals surface area contributed by atoms with Crippen LogP contribution in [0, 0.1) is 19.9 Å². The first-order valence-corrected chi connectivity index (χ1v) is 5.40. The number of benzene rings is 2. The van der Waals surface area contributed by atoms with E-state index in [2.05, 4.69) is 38.1 Å². The van der Waals surface area contributed by atoms with Gasteiger partial charge in [-0.3, -0.25) is 0 Å². The van der Waals surface area contributed by atoms with E-state index >= 15 is 0 Å². The highest BCUT2D eigenvalue weighted by Crippen LogP contribution is 2.13. The van der Waals surface area contributed by atoms with Crippen molar-refractivity contribution < 1.29 is 4.74 Å². The van der Waals surface area contributed by atoms with Crippen LogP contribution in [-0.2, 0) is 6.61 Å². The van der Waals surface area contributed by atoms with Crippen molar-refractivity contribution in [3.05, 3.63) is 65.2 Å². The SMILES string of the molecule is Cc1cc(C)cc(COc2cc[c]cc2)c1. The molecule has 1 nitrogen and oxygen atoms in total. The van der Waals surface area contributed by atoms with Crippen LogP contribution in [0.25, 0.3) is 0 Å². The van der Waals surface area contributed by atoms with Crippen molar-refractivity contribution in [1.82, 2.24) is 0 Å². The third-order valence-electron chi connectivity index (χ3n) is 2.37. The van der Waals surface area contributed by atoms with Gasteiger partial charge in [0, 0.05) is 0 Å². The Balaban J connectivity index is 2.05. The number of hydrogen-bond donors (Lipinski definition) is 0. The van der Waals surface area contributed by atoms with Crippen LogP contribution < -0.4 is 4.74 Å². The van der Waals surface area contributed by atoms with Gasteiger partial charge in [-0.25, -0.2) is 0 Å². The first kappa shape index (κ1) is 10.7. The summed E-state index contributed by atoms with van der Waals surface area (Å²) in [4.78, 5) is 0. The smallest absolute Gasteiger partial charge is 0.119 e. The van der Waals surface area contributed by atoms with Gasteiger partial charge in [0.05, 0.1) is 0 Å². The fourth-order valence-electron chi connectivity index (χ4n) is 1.79. The van der Waals surface area contributed by atoms with Crippen LogP contribution in [0.4, 0.5) is 0 Å². The minimum absolute atomic E-state index is 0.618. The maximum Gasteiger partial charge on any atom is 0.119 e. The molecule has 0 unspecified atom stereocenters. The van der Waals surface area contributed by atoms with E-state index in [-0.39, 0.29) is 0 Å². The van der Waals surface area contributed by atoms with E-state index < -0.39 is 0 Å². The first-order chi connectivity index (χ1) is 7.74. The molecule has 0 amide bonds. The zero-order valence-electron chi connectivity index (χ0n) is 9.66. The zero-order valence-corrected chi connectivity index (χ0v) is 9.66. The van der Waals surface area contributed by atoms with Gasteiger partial charge in [-0.05, 0) is 37.6 Å². The largest absolute Gasteiger partial charge is 0.489 e. The molecule has 0 N–H and O–H groups in total. The predicted molar refractivity (Wildman–Crippen MR) is 65.5 cm³/mol. The summed E-state index contributed by atoms with van der Waals surface area (Å²) in [6.07, 6.45) is 0. The average molecular weight is 211 g/mol. The molecule has 16 heavy (non-hydrogen) atoms. The normalized spacial score (nSPS) is 10.1. The first-order valence-electron chi connectivity index (χ1n) is 5.40. The highest BCUT2D eigenvalue weighted by molar-refractivity contribution is 5.29. The molecule has 0 bridgehead atoms. The highest BCUT2D eigenvalue weighted by Gasteiger charge is 1.97. The quantitative estimate of drug-likeness (QED) is 0.752. The number of ether oxygens (including phenoxy) is 1. The van der Waals surface area contributed by atoms with Crippen LogP contribution in [0.1, 0.15) is 16.7 Å². The molecule has 0 fully saturated rings. The van der Waals surface area contributed by atoms with E-state index in [4.69, 9.17) is 4.74 Å². The van der Waals surface area contributed by atoms with Crippen molar-refractivity contribution in [3.8, 4) is 5.75 Å². The molecule has 0 heterocycles.